The minimum atomic E-state index is -0.261. The van der Waals surface area contributed by atoms with Crippen LogP contribution in [0.3, 0.4) is 0 Å². The van der Waals surface area contributed by atoms with E-state index in [1.54, 1.807) is 12.1 Å². The summed E-state index contributed by atoms with van der Waals surface area (Å²) >= 11 is 0. The summed E-state index contributed by atoms with van der Waals surface area (Å²) in [6.45, 7) is 1.26. The number of nitrogens with one attached hydrogen (secondary N) is 1. The molecule has 2 rings (SSSR count). The molecule has 114 valence electrons. The predicted molar refractivity (Wildman–Crippen MR) is 80.6 cm³/mol. The summed E-state index contributed by atoms with van der Waals surface area (Å²) in [4.78, 5) is 11.9. The summed E-state index contributed by atoms with van der Waals surface area (Å²) in [5.74, 6) is 0.723. The van der Waals surface area contributed by atoms with Crippen molar-refractivity contribution in [2.45, 2.75) is 32.1 Å². The summed E-state index contributed by atoms with van der Waals surface area (Å²) in [5, 5.41) is 2.98. The molecule has 3 nitrogen and oxygen atoms in total. The molecular weight excluding hydrogens is 269 g/mol. The van der Waals surface area contributed by atoms with Crippen LogP contribution in [0, 0.1) is 11.7 Å². The van der Waals surface area contributed by atoms with Gasteiger partial charge in [-0.3, -0.25) is 4.79 Å². The molecule has 1 aromatic carbocycles. The van der Waals surface area contributed by atoms with Gasteiger partial charge in [-0.1, -0.05) is 12.2 Å². The first-order valence-electron chi connectivity index (χ1n) is 7.57. The minimum Gasteiger partial charge on any atom is -0.494 e. The first kappa shape index (κ1) is 15.5. The lowest BCUT2D eigenvalue weighted by atomic mass is 9.94. The van der Waals surface area contributed by atoms with E-state index < -0.39 is 0 Å². The number of hydrogen-bond donors (Lipinski definition) is 1. The Morgan fingerprint density at radius 2 is 2.05 bits per heavy atom. The summed E-state index contributed by atoms with van der Waals surface area (Å²) in [6.07, 6.45) is 8.79. The predicted octanol–water partition coefficient (Wildman–Crippen LogP) is 3.46. The molecule has 1 aromatic rings. The Hall–Kier alpha value is -1.84. The molecule has 1 amide bonds. The number of halogens is 1. The molecule has 4 heteroatoms. The topological polar surface area (TPSA) is 38.3 Å². The maximum absolute atomic E-state index is 12.7. The summed E-state index contributed by atoms with van der Waals surface area (Å²) < 4.78 is 18.2. The Labute approximate surface area is 125 Å². The molecule has 0 aromatic heterocycles. The van der Waals surface area contributed by atoms with Crippen LogP contribution in [0.1, 0.15) is 32.1 Å². The van der Waals surface area contributed by atoms with Gasteiger partial charge in [-0.05, 0) is 56.4 Å². The van der Waals surface area contributed by atoms with E-state index in [1.165, 1.54) is 12.1 Å². The lowest BCUT2D eigenvalue weighted by Gasteiger charge is -2.17. The van der Waals surface area contributed by atoms with Crippen LogP contribution in [0.15, 0.2) is 36.4 Å². The SMILES string of the molecule is O=C(NCCCCOc1ccc(F)cc1)C1CC=CCC1. The van der Waals surface area contributed by atoms with Crippen LogP contribution in [0.2, 0.25) is 0 Å². The van der Waals surface area contributed by atoms with E-state index in [-0.39, 0.29) is 17.6 Å². The van der Waals surface area contributed by atoms with Crippen molar-refractivity contribution in [2.24, 2.45) is 5.92 Å². The van der Waals surface area contributed by atoms with E-state index in [2.05, 4.69) is 17.5 Å². The van der Waals surface area contributed by atoms with Crippen molar-refractivity contribution in [1.82, 2.24) is 5.32 Å². The molecule has 1 atom stereocenters. The van der Waals surface area contributed by atoms with Gasteiger partial charge >= 0.3 is 0 Å². The van der Waals surface area contributed by atoms with E-state index in [4.69, 9.17) is 4.74 Å². The molecule has 21 heavy (non-hydrogen) atoms. The number of carbonyl (C=O) groups is 1. The third-order valence-corrected chi connectivity index (χ3v) is 3.59. The lowest BCUT2D eigenvalue weighted by Crippen LogP contribution is -2.32. The molecule has 1 aliphatic carbocycles. The highest BCUT2D eigenvalue weighted by Crippen LogP contribution is 2.18. The van der Waals surface area contributed by atoms with Gasteiger partial charge in [0, 0.05) is 12.5 Å². The fourth-order valence-electron chi connectivity index (χ4n) is 2.34. The quantitative estimate of drug-likeness (QED) is 0.617. The molecule has 1 N–H and O–H groups in total. The van der Waals surface area contributed by atoms with Crippen LogP contribution in [-0.4, -0.2) is 19.1 Å². The number of hydrogen-bond acceptors (Lipinski definition) is 2. The molecule has 0 heterocycles. The fraction of sp³-hybridized carbons (Fsp3) is 0.471. The molecule has 1 unspecified atom stereocenters. The van der Waals surface area contributed by atoms with Gasteiger partial charge in [0.2, 0.25) is 5.91 Å². The van der Waals surface area contributed by atoms with Gasteiger partial charge < -0.3 is 10.1 Å². The van der Waals surface area contributed by atoms with Crippen molar-refractivity contribution in [2.75, 3.05) is 13.2 Å². The van der Waals surface area contributed by atoms with Gasteiger partial charge in [-0.25, -0.2) is 4.39 Å². The number of carbonyl (C=O) groups excluding carboxylic acids is 1. The number of unbranched alkanes of at least 4 members (excludes halogenated alkanes) is 1. The third-order valence-electron chi connectivity index (χ3n) is 3.59. The van der Waals surface area contributed by atoms with Crippen molar-refractivity contribution in [3.05, 3.63) is 42.2 Å². The van der Waals surface area contributed by atoms with Gasteiger partial charge in [-0.2, -0.15) is 0 Å². The lowest BCUT2D eigenvalue weighted by molar-refractivity contribution is -0.125. The largest absolute Gasteiger partial charge is 0.494 e. The highest BCUT2D eigenvalue weighted by Gasteiger charge is 2.17. The number of rotatable bonds is 7. The standard InChI is InChI=1S/C17H22FNO2/c18-15-8-10-16(11-9-15)21-13-5-4-12-19-17(20)14-6-2-1-3-7-14/h1-2,8-11,14H,3-7,12-13H2,(H,19,20). The Bertz CT molecular complexity index is 470. The van der Waals surface area contributed by atoms with E-state index in [0.717, 1.165) is 32.1 Å². The maximum Gasteiger partial charge on any atom is 0.223 e. The Balaban J connectivity index is 1.52. The van der Waals surface area contributed by atoms with E-state index in [1.807, 2.05) is 0 Å². The van der Waals surface area contributed by atoms with Crippen molar-refractivity contribution in [1.29, 1.82) is 0 Å². The van der Waals surface area contributed by atoms with Crippen LogP contribution in [0.4, 0.5) is 4.39 Å². The normalized spacial score (nSPS) is 17.5. The summed E-state index contributed by atoms with van der Waals surface area (Å²) in [6, 6.07) is 6.00. The second-order valence-corrected chi connectivity index (χ2v) is 5.28. The summed E-state index contributed by atoms with van der Waals surface area (Å²) in [5.41, 5.74) is 0. The van der Waals surface area contributed by atoms with Crippen LogP contribution in [0.25, 0.3) is 0 Å². The van der Waals surface area contributed by atoms with Crippen LogP contribution in [0.5, 0.6) is 5.75 Å². The highest BCUT2D eigenvalue weighted by molar-refractivity contribution is 5.78. The van der Waals surface area contributed by atoms with Gasteiger partial charge in [0.15, 0.2) is 0 Å². The molecule has 0 saturated carbocycles. The Morgan fingerprint density at radius 1 is 1.24 bits per heavy atom. The zero-order valence-corrected chi connectivity index (χ0v) is 12.2. The van der Waals surface area contributed by atoms with Crippen molar-refractivity contribution >= 4 is 5.91 Å². The van der Waals surface area contributed by atoms with Crippen molar-refractivity contribution in [3.63, 3.8) is 0 Å². The van der Waals surface area contributed by atoms with Crippen LogP contribution in [-0.2, 0) is 4.79 Å². The molecular formula is C17H22FNO2. The monoisotopic (exact) mass is 291 g/mol. The Morgan fingerprint density at radius 3 is 2.76 bits per heavy atom. The van der Waals surface area contributed by atoms with Crippen molar-refractivity contribution < 1.29 is 13.9 Å². The van der Waals surface area contributed by atoms with Gasteiger partial charge in [-0.15, -0.1) is 0 Å². The van der Waals surface area contributed by atoms with Gasteiger partial charge in [0.05, 0.1) is 6.61 Å². The summed E-state index contributed by atoms with van der Waals surface area (Å²) in [7, 11) is 0. The van der Waals surface area contributed by atoms with Crippen LogP contribution < -0.4 is 10.1 Å². The zero-order chi connectivity index (χ0) is 14.9. The second-order valence-electron chi connectivity index (χ2n) is 5.28. The van der Waals surface area contributed by atoms with E-state index >= 15 is 0 Å². The first-order valence-corrected chi connectivity index (χ1v) is 7.57. The average Bonchev–Trinajstić information content (AvgIpc) is 2.53. The second kappa shape index (κ2) is 8.45. The number of allylic oxidation sites excluding steroid dienone is 2. The Kier molecular flexibility index (Phi) is 6.25. The number of amides is 1. The van der Waals surface area contributed by atoms with Crippen LogP contribution >= 0.6 is 0 Å². The molecule has 0 fully saturated rings. The fourth-order valence-corrected chi connectivity index (χ4v) is 2.34. The first-order chi connectivity index (χ1) is 10.3. The molecule has 0 saturated heterocycles. The highest BCUT2D eigenvalue weighted by atomic mass is 19.1. The number of benzene rings is 1. The number of ether oxygens (including phenoxy) is 1. The molecule has 0 radical (unpaired) electrons. The third kappa shape index (κ3) is 5.58. The smallest absolute Gasteiger partial charge is 0.223 e. The van der Waals surface area contributed by atoms with Crippen molar-refractivity contribution in [3.8, 4) is 5.75 Å². The zero-order valence-electron chi connectivity index (χ0n) is 12.2. The molecule has 0 bridgehead atoms. The maximum atomic E-state index is 12.7. The van der Waals surface area contributed by atoms with E-state index in [9.17, 15) is 9.18 Å². The van der Waals surface area contributed by atoms with E-state index in [0.29, 0.717) is 18.9 Å². The van der Waals surface area contributed by atoms with Gasteiger partial charge in [0.1, 0.15) is 11.6 Å². The molecule has 1 aliphatic rings. The molecule has 0 spiro atoms. The van der Waals surface area contributed by atoms with Gasteiger partial charge in [0.25, 0.3) is 0 Å². The minimum absolute atomic E-state index is 0.144. The molecule has 0 aliphatic heterocycles. The average molecular weight is 291 g/mol.